The molecular weight excluding hydrogens is 315 g/mol. The molecule has 24 heavy (non-hydrogen) atoms. The van der Waals surface area contributed by atoms with Crippen LogP contribution < -0.4 is 5.56 Å². The summed E-state index contributed by atoms with van der Waals surface area (Å²) in [5, 5.41) is 10.3. The molecule has 2 heterocycles. The van der Waals surface area contributed by atoms with E-state index in [9.17, 15) is 19.1 Å². The molecule has 0 spiro atoms. The topological polar surface area (TPSA) is 72.9 Å². The molecule has 1 N–H and O–H groups in total. The zero-order valence-electron chi connectivity index (χ0n) is 12.9. The molecule has 0 saturated carbocycles. The Bertz CT molecular complexity index is 957. The Balaban J connectivity index is 2.19. The molecule has 0 fully saturated rings. The molecule has 6 nitrogen and oxygen atoms in total. The summed E-state index contributed by atoms with van der Waals surface area (Å²) in [6.45, 7) is 1.81. The SMILES string of the molecule is CCOC(=O)c1c(O)c2cccn2n(Cc2ccc(F)cc2)c1=O. The summed E-state index contributed by atoms with van der Waals surface area (Å²) in [7, 11) is 0. The van der Waals surface area contributed by atoms with E-state index in [0.717, 1.165) is 0 Å². The number of halogens is 1. The summed E-state index contributed by atoms with van der Waals surface area (Å²) in [6.07, 6.45) is 1.59. The normalized spacial score (nSPS) is 10.9. The first kappa shape index (κ1) is 15.8. The number of aromatic nitrogens is 2. The van der Waals surface area contributed by atoms with E-state index in [1.54, 1.807) is 37.4 Å². The molecule has 0 amide bonds. The van der Waals surface area contributed by atoms with Gasteiger partial charge in [0.1, 0.15) is 11.3 Å². The fourth-order valence-electron chi connectivity index (χ4n) is 2.52. The van der Waals surface area contributed by atoms with Gasteiger partial charge in [-0.3, -0.25) is 9.31 Å². The Kier molecular flexibility index (Phi) is 4.07. The summed E-state index contributed by atoms with van der Waals surface area (Å²) in [5.74, 6) is -1.68. The molecule has 1 aromatic carbocycles. The smallest absolute Gasteiger partial charge is 0.347 e. The third-order valence-corrected chi connectivity index (χ3v) is 3.64. The molecule has 0 atom stereocenters. The molecule has 0 aliphatic carbocycles. The number of nitrogens with zero attached hydrogens (tertiary/aromatic N) is 2. The van der Waals surface area contributed by atoms with Crippen LogP contribution >= 0.6 is 0 Å². The van der Waals surface area contributed by atoms with Gasteiger partial charge in [-0.2, -0.15) is 0 Å². The van der Waals surface area contributed by atoms with Crippen LogP contribution in [0.15, 0.2) is 47.4 Å². The lowest BCUT2D eigenvalue weighted by molar-refractivity contribution is 0.0519. The third kappa shape index (κ3) is 2.64. The predicted octanol–water partition coefficient (Wildman–Crippen LogP) is 2.17. The Morgan fingerprint density at radius 3 is 2.62 bits per heavy atom. The lowest BCUT2D eigenvalue weighted by Crippen LogP contribution is -2.32. The number of esters is 1. The molecule has 3 aromatic rings. The first-order chi connectivity index (χ1) is 11.5. The maximum absolute atomic E-state index is 13.0. The van der Waals surface area contributed by atoms with Crippen molar-refractivity contribution in [2.24, 2.45) is 0 Å². The van der Waals surface area contributed by atoms with Gasteiger partial charge in [0.05, 0.1) is 13.2 Å². The maximum atomic E-state index is 13.0. The first-order valence-corrected chi connectivity index (χ1v) is 7.37. The van der Waals surface area contributed by atoms with Crippen molar-refractivity contribution in [3.63, 3.8) is 0 Å². The molecule has 0 unspecified atom stereocenters. The minimum Gasteiger partial charge on any atom is -0.505 e. The number of hydrogen-bond acceptors (Lipinski definition) is 4. The summed E-state index contributed by atoms with van der Waals surface area (Å²) < 4.78 is 20.6. The summed E-state index contributed by atoms with van der Waals surface area (Å²) in [4.78, 5) is 24.7. The van der Waals surface area contributed by atoms with E-state index in [0.29, 0.717) is 11.1 Å². The minimum atomic E-state index is -0.878. The molecule has 2 aromatic heterocycles. The van der Waals surface area contributed by atoms with E-state index in [2.05, 4.69) is 0 Å². The van der Waals surface area contributed by atoms with Crippen LogP contribution in [0.3, 0.4) is 0 Å². The number of benzene rings is 1. The lowest BCUT2D eigenvalue weighted by atomic mass is 10.2. The molecule has 3 rings (SSSR count). The van der Waals surface area contributed by atoms with Gasteiger partial charge in [0.2, 0.25) is 0 Å². The van der Waals surface area contributed by atoms with E-state index in [-0.39, 0.29) is 19.0 Å². The van der Waals surface area contributed by atoms with Crippen molar-refractivity contribution in [1.82, 2.24) is 9.20 Å². The second-order valence-electron chi connectivity index (χ2n) is 5.17. The summed E-state index contributed by atoms with van der Waals surface area (Å²) in [6, 6.07) is 8.91. The number of aromatic hydroxyl groups is 1. The van der Waals surface area contributed by atoms with Crippen molar-refractivity contribution in [3.05, 3.63) is 69.9 Å². The van der Waals surface area contributed by atoms with Gasteiger partial charge in [-0.15, -0.1) is 0 Å². The van der Waals surface area contributed by atoms with Gasteiger partial charge in [0.25, 0.3) is 5.56 Å². The second-order valence-corrected chi connectivity index (χ2v) is 5.17. The molecule has 0 aliphatic heterocycles. The standard InChI is InChI=1S/C17H15FN2O4/c1-2-24-17(23)14-15(21)13-4-3-9-19(13)20(16(14)22)10-11-5-7-12(18)8-6-11/h3-9,21H,2,10H2,1H3. The van der Waals surface area contributed by atoms with Crippen LogP contribution in [0.1, 0.15) is 22.8 Å². The fraction of sp³-hybridized carbons (Fsp3) is 0.176. The molecular formula is C17H15FN2O4. The minimum absolute atomic E-state index is 0.0852. The van der Waals surface area contributed by atoms with Crippen molar-refractivity contribution < 1.29 is 19.0 Å². The van der Waals surface area contributed by atoms with Crippen molar-refractivity contribution >= 4 is 11.5 Å². The number of hydrogen-bond donors (Lipinski definition) is 1. The Labute approximate surface area is 136 Å². The first-order valence-electron chi connectivity index (χ1n) is 7.37. The van der Waals surface area contributed by atoms with Crippen LogP contribution in [0.2, 0.25) is 0 Å². The van der Waals surface area contributed by atoms with E-state index in [4.69, 9.17) is 4.74 Å². The van der Waals surface area contributed by atoms with Crippen LogP contribution in [0.4, 0.5) is 4.39 Å². The fourth-order valence-corrected chi connectivity index (χ4v) is 2.52. The van der Waals surface area contributed by atoms with Gasteiger partial charge in [-0.25, -0.2) is 13.9 Å². The van der Waals surface area contributed by atoms with Crippen LogP contribution in [-0.2, 0) is 11.3 Å². The monoisotopic (exact) mass is 330 g/mol. The van der Waals surface area contributed by atoms with Gasteiger partial charge < -0.3 is 9.84 Å². The van der Waals surface area contributed by atoms with Gasteiger partial charge in [0, 0.05) is 6.20 Å². The quantitative estimate of drug-likeness (QED) is 0.744. The van der Waals surface area contributed by atoms with Crippen LogP contribution in [0.5, 0.6) is 5.75 Å². The van der Waals surface area contributed by atoms with Crippen LogP contribution in [0, 0.1) is 5.82 Å². The molecule has 0 radical (unpaired) electrons. The Hall–Kier alpha value is -3.09. The largest absolute Gasteiger partial charge is 0.505 e. The van der Waals surface area contributed by atoms with E-state index < -0.39 is 22.8 Å². The van der Waals surface area contributed by atoms with Crippen molar-refractivity contribution in [2.75, 3.05) is 6.61 Å². The average molecular weight is 330 g/mol. The van der Waals surface area contributed by atoms with Crippen LogP contribution in [0.25, 0.3) is 5.52 Å². The van der Waals surface area contributed by atoms with E-state index >= 15 is 0 Å². The average Bonchev–Trinajstić information content (AvgIpc) is 3.03. The lowest BCUT2D eigenvalue weighted by Gasteiger charge is -2.14. The Morgan fingerprint density at radius 1 is 1.25 bits per heavy atom. The zero-order chi connectivity index (χ0) is 17.3. The second kappa shape index (κ2) is 6.19. The predicted molar refractivity (Wildman–Crippen MR) is 84.8 cm³/mol. The van der Waals surface area contributed by atoms with E-state index in [1.165, 1.54) is 21.3 Å². The van der Waals surface area contributed by atoms with Gasteiger partial charge in [0.15, 0.2) is 11.3 Å². The van der Waals surface area contributed by atoms with Gasteiger partial charge in [-0.1, -0.05) is 12.1 Å². The number of ether oxygens (including phenoxy) is 1. The molecule has 0 aliphatic rings. The van der Waals surface area contributed by atoms with Gasteiger partial charge >= 0.3 is 5.97 Å². The maximum Gasteiger partial charge on any atom is 0.347 e. The molecule has 0 bridgehead atoms. The zero-order valence-corrected chi connectivity index (χ0v) is 12.9. The van der Waals surface area contributed by atoms with Crippen LogP contribution in [-0.4, -0.2) is 26.9 Å². The number of rotatable bonds is 4. The summed E-state index contributed by atoms with van der Waals surface area (Å²) >= 11 is 0. The highest BCUT2D eigenvalue weighted by molar-refractivity contribution is 5.94. The Morgan fingerprint density at radius 2 is 1.96 bits per heavy atom. The number of carbonyl (C=O) groups is 1. The van der Waals surface area contributed by atoms with Crippen molar-refractivity contribution in [1.29, 1.82) is 0 Å². The molecule has 124 valence electrons. The van der Waals surface area contributed by atoms with Crippen molar-refractivity contribution in [2.45, 2.75) is 13.5 Å². The molecule has 7 heteroatoms. The van der Waals surface area contributed by atoms with E-state index in [1.807, 2.05) is 0 Å². The molecule has 0 saturated heterocycles. The van der Waals surface area contributed by atoms with Gasteiger partial charge in [-0.05, 0) is 36.8 Å². The third-order valence-electron chi connectivity index (χ3n) is 3.64. The number of carbonyl (C=O) groups excluding carboxylic acids is 1. The van der Waals surface area contributed by atoms with Crippen molar-refractivity contribution in [3.8, 4) is 5.75 Å². The highest BCUT2D eigenvalue weighted by Gasteiger charge is 2.23. The summed E-state index contributed by atoms with van der Waals surface area (Å²) in [5.41, 5.74) is -0.113. The number of fused-ring (bicyclic) bond motifs is 1. The highest BCUT2D eigenvalue weighted by Crippen LogP contribution is 2.22. The highest BCUT2D eigenvalue weighted by atomic mass is 19.1.